The molecule has 7 heteroatoms. The number of allylic oxidation sites excluding steroid dienone is 4. The smallest absolute Gasteiger partial charge is 0.186 e. The summed E-state index contributed by atoms with van der Waals surface area (Å²) in [5.41, 5.74) is 12.6. The maximum atomic E-state index is 9.41. The standard InChI is InChI=1S/C18H26N4O3.C4H6/c1-3-12(2)16(11-17(23)24)22-8-6-13-10-14(4-5-15(13)22)25-9-7-21-18(19)20;1-3-4-2/h3-6,8,10,16-17,23-24H,7,9,11H2,1-2H3,(H4,19,20,21);3-4H,1-2H2/b12-3+;. The molecule has 2 aromatic rings. The van der Waals surface area contributed by atoms with Crippen molar-refractivity contribution >= 4 is 16.9 Å². The van der Waals surface area contributed by atoms with Crippen molar-refractivity contribution in [2.24, 2.45) is 16.5 Å². The molecule has 1 atom stereocenters. The van der Waals surface area contributed by atoms with E-state index in [9.17, 15) is 10.2 Å². The molecule has 0 saturated heterocycles. The van der Waals surface area contributed by atoms with Gasteiger partial charge in [-0.05, 0) is 38.1 Å². The molecule has 6 N–H and O–H groups in total. The quantitative estimate of drug-likeness (QED) is 0.129. The molecule has 2 rings (SSSR count). The van der Waals surface area contributed by atoms with Gasteiger partial charge in [-0.25, -0.2) is 0 Å². The Morgan fingerprint density at radius 1 is 1.24 bits per heavy atom. The van der Waals surface area contributed by atoms with Crippen LogP contribution in [-0.2, 0) is 0 Å². The van der Waals surface area contributed by atoms with E-state index in [4.69, 9.17) is 16.2 Å². The summed E-state index contributed by atoms with van der Waals surface area (Å²) < 4.78 is 7.70. The molecule has 0 bridgehead atoms. The molecular formula is C22H32N4O3. The van der Waals surface area contributed by atoms with E-state index in [1.807, 2.05) is 55.0 Å². The van der Waals surface area contributed by atoms with Crippen molar-refractivity contribution in [3.63, 3.8) is 0 Å². The number of aliphatic imine (C=N–C) groups is 1. The third kappa shape index (κ3) is 7.85. The molecule has 1 aromatic heterocycles. The number of benzene rings is 1. The highest BCUT2D eigenvalue weighted by Crippen LogP contribution is 2.30. The Hall–Kier alpha value is -3.03. The third-order valence-corrected chi connectivity index (χ3v) is 4.26. The molecular weight excluding hydrogens is 368 g/mol. The van der Waals surface area contributed by atoms with Gasteiger partial charge in [0, 0.05) is 23.5 Å². The third-order valence-electron chi connectivity index (χ3n) is 4.26. The van der Waals surface area contributed by atoms with E-state index >= 15 is 0 Å². The number of hydrogen-bond donors (Lipinski definition) is 4. The Morgan fingerprint density at radius 2 is 1.93 bits per heavy atom. The van der Waals surface area contributed by atoms with Gasteiger partial charge in [-0.3, -0.25) is 4.99 Å². The van der Waals surface area contributed by atoms with Gasteiger partial charge in [0.2, 0.25) is 0 Å². The highest BCUT2D eigenvalue weighted by molar-refractivity contribution is 5.82. The topological polar surface area (TPSA) is 119 Å². The van der Waals surface area contributed by atoms with Crippen LogP contribution in [0.3, 0.4) is 0 Å². The van der Waals surface area contributed by atoms with Gasteiger partial charge in [0.25, 0.3) is 0 Å². The maximum absolute atomic E-state index is 9.41. The van der Waals surface area contributed by atoms with Crippen LogP contribution < -0.4 is 16.2 Å². The van der Waals surface area contributed by atoms with Gasteiger partial charge in [0.1, 0.15) is 12.4 Å². The Morgan fingerprint density at radius 3 is 2.48 bits per heavy atom. The number of ether oxygens (including phenoxy) is 1. The molecule has 0 amide bonds. The number of hydrogen-bond acceptors (Lipinski definition) is 4. The maximum Gasteiger partial charge on any atom is 0.186 e. The molecule has 1 aromatic carbocycles. The zero-order valence-corrected chi connectivity index (χ0v) is 17.2. The van der Waals surface area contributed by atoms with Gasteiger partial charge < -0.3 is 31.0 Å². The van der Waals surface area contributed by atoms with Crippen LogP contribution in [0.15, 0.2) is 72.4 Å². The second-order valence-corrected chi connectivity index (χ2v) is 6.33. The minimum Gasteiger partial charge on any atom is -0.492 e. The molecule has 0 aliphatic heterocycles. The molecule has 0 fully saturated rings. The number of rotatable bonds is 9. The van der Waals surface area contributed by atoms with Crippen molar-refractivity contribution in [3.8, 4) is 5.75 Å². The number of aromatic nitrogens is 1. The summed E-state index contributed by atoms with van der Waals surface area (Å²) in [5, 5.41) is 19.8. The number of nitrogens with zero attached hydrogens (tertiary/aromatic N) is 2. The first-order chi connectivity index (χ1) is 13.8. The highest BCUT2D eigenvalue weighted by Gasteiger charge is 2.18. The van der Waals surface area contributed by atoms with Crippen molar-refractivity contribution in [1.29, 1.82) is 0 Å². The fourth-order valence-electron chi connectivity index (χ4n) is 2.75. The van der Waals surface area contributed by atoms with E-state index < -0.39 is 6.29 Å². The van der Waals surface area contributed by atoms with Crippen LogP contribution in [0.5, 0.6) is 5.75 Å². The second kappa shape index (κ2) is 12.4. The first-order valence-corrected chi connectivity index (χ1v) is 9.35. The van der Waals surface area contributed by atoms with E-state index in [2.05, 4.69) is 18.2 Å². The molecule has 0 aliphatic rings. The minimum absolute atomic E-state index is 0.0487. The number of aliphatic hydroxyl groups excluding tert-OH is 1. The van der Waals surface area contributed by atoms with Gasteiger partial charge in [0.15, 0.2) is 12.2 Å². The van der Waals surface area contributed by atoms with Crippen molar-refractivity contribution < 1.29 is 14.9 Å². The van der Waals surface area contributed by atoms with Crippen molar-refractivity contribution in [1.82, 2.24) is 4.57 Å². The highest BCUT2D eigenvalue weighted by atomic mass is 16.5. The second-order valence-electron chi connectivity index (χ2n) is 6.33. The summed E-state index contributed by atoms with van der Waals surface area (Å²) in [4.78, 5) is 3.88. The van der Waals surface area contributed by atoms with Crippen molar-refractivity contribution in [3.05, 3.63) is 67.4 Å². The van der Waals surface area contributed by atoms with Crippen molar-refractivity contribution in [2.45, 2.75) is 32.6 Å². The summed E-state index contributed by atoms with van der Waals surface area (Å²) >= 11 is 0. The lowest BCUT2D eigenvalue weighted by Gasteiger charge is -2.22. The first-order valence-electron chi connectivity index (χ1n) is 9.35. The lowest BCUT2D eigenvalue weighted by Crippen LogP contribution is -2.23. The van der Waals surface area contributed by atoms with E-state index in [0.717, 1.165) is 22.2 Å². The fraction of sp³-hybridized carbons (Fsp3) is 0.318. The molecule has 1 unspecified atom stereocenters. The number of aliphatic hydroxyl groups is 2. The van der Waals surface area contributed by atoms with E-state index in [-0.39, 0.29) is 18.4 Å². The zero-order valence-electron chi connectivity index (χ0n) is 17.2. The van der Waals surface area contributed by atoms with Gasteiger partial charge in [-0.1, -0.05) is 37.0 Å². The monoisotopic (exact) mass is 400 g/mol. The average molecular weight is 401 g/mol. The number of guanidine groups is 1. The Bertz CT molecular complexity index is 843. The summed E-state index contributed by atoms with van der Waals surface area (Å²) in [7, 11) is 0. The van der Waals surface area contributed by atoms with Crippen LogP contribution in [0, 0.1) is 0 Å². The molecule has 0 aliphatic carbocycles. The summed E-state index contributed by atoms with van der Waals surface area (Å²) in [6.45, 7) is 11.4. The van der Waals surface area contributed by atoms with E-state index in [1.54, 1.807) is 12.2 Å². The van der Waals surface area contributed by atoms with Crippen LogP contribution in [0.25, 0.3) is 10.9 Å². The van der Waals surface area contributed by atoms with Gasteiger partial charge in [0.05, 0.1) is 12.6 Å². The molecule has 29 heavy (non-hydrogen) atoms. The largest absolute Gasteiger partial charge is 0.492 e. The first kappa shape index (κ1) is 24.0. The predicted molar refractivity (Wildman–Crippen MR) is 120 cm³/mol. The molecule has 158 valence electrons. The van der Waals surface area contributed by atoms with Crippen LogP contribution in [0.4, 0.5) is 0 Å². The normalized spacial score (nSPS) is 12.1. The van der Waals surface area contributed by atoms with Gasteiger partial charge in [-0.2, -0.15) is 0 Å². The predicted octanol–water partition coefficient (Wildman–Crippen LogP) is 2.86. The average Bonchev–Trinajstić information content (AvgIpc) is 3.11. The molecule has 7 nitrogen and oxygen atoms in total. The Balaban J connectivity index is 0.000000960. The lowest BCUT2D eigenvalue weighted by atomic mass is 10.0. The van der Waals surface area contributed by atoms with Crippen LogP contribution >= 0.6 is 0 Å². The van der Waals surface area contributed by atoms with Crippen LogP contribution in [0.2, 0.25) is 0 Å². The lowest BCUT2D eigenvalue weighted by molar-refractivity contribution is -0.0516. The molecule has 0 saturated carbocycles. The Labute approximate surface area is 172 Å². The van der Waals surface area contributed by atoms with Crippen LogP contribution in [0.1, 0.15) is 26.3 Å². The summed E-state index contributed by atoms with van der Waals surface area (Å²) in [6.07, 6.45) is 6.08. The number of nitrogens with two attached hydrogens (primary N) is 2. The summed E-state index contributed by atoms with van der Waals surface area (Å²) in [5.74, 6) is 0.783. The van der Waals surface area contributed by atoms with Crippen LogP contribution in [-0.4, -0.2) is 40.2 Å². The molecule has 0 spiro atoms. The minimum atomic E-state index is -1.37. The summed E-state index contributed by atoms with van der Waals surface area (Å²) in [6, 6.07) is 7.66. The van der Waals surface area contributed by atoms with Gasteiger partial charge in [-0.15, -0.1) is 0 Å². The Kier molecular flexibility index (Phi) is 10.3. The van der Waals surface area contributed by atoms with Gasteiger partial charge >= 0.3 is 0 Å². The molecule has 0 radical (unpaired) electrons. The zero-order chi connectivity index (χ0) is 21.8. The van der Waals surface area contributed by atoms with E-state index in [0.29, 0.717) is 13.2 Å². The molecule has 1 heterocycles. The SMILES string of the molecule is C/C=C(\C)C(CC(O)O)n1ccc2cc(OCCN=C(N)N)ccc21.C=CC=C. The van der Waals surface area contributed by atoms with E-state index in [1.165, 1.54) is 0 Å². The fourth-order valence-corrected chi connectivity index (χ4v) is 2.75. The number of fused-ring (bicyclic) bond motifs is 1. The van der Waals surface area contributed by atoms with Crippen molar-refractivity contribution in [2.75, 3.05) is 13.2 Å².